The van der Waals surface area contributed by atoms with E-state index in [1.807, 2.05) is 59.5 Å². The predicted molar refractivity (Wildman–Crippen MR) is 93.2 cm³/mol. The van der Waals surface area contributed by atoms with E-state index in [2.05, 4.69) is 0 Å². The zero-order valence-corrected chi connectivity index (χ0v) is 14.0. The molecule has 1 aliphatic rings. The molecule has 1 aliphatic heterocycles. The lowest BCUT2D eigenvalue weighted by Crippen LogP contribution is -2.43. The number of hydrogen-bond donors (Lipinski definition) is 0. The van der Waals surface area contributed by atoms with E-state index >= 15 is 0 Å². The van der Waals surface area contributed by atoms with Gasteiger partial charge in [-0.25, -0.2) is 0 Å². The standard InChI is InChI=1S/C20H23NO3/c1-23-18-10-5-7-16(13-18)15-24-19-11-6-12-21(14-19)20(22)17-8-3-2-4-9-17/h2-5,7-10,13,19H,6,11-12,14-15H2,1H3. The summed E-state index contributed by atoms with van der Waals surface area (Å²) < 4.78 is 11.3. The highest BCUT2D eigenvalue weighted by Gasteiger charge is 2.24. The molecule has 126 valence electrons. The Bertz CT molecular complexity index is 672. The zero-order chi connectivity index (χ0) is 16.8. The number of likely N-dealkylation sites (tertiary alicyclic amines) is 1. The van der Waals surface area contributed by atoms with Gasteiger partial charge in [-0.2, -0.15) is 0 Å². The van der Waals surface area contributed by atoms with E-state index in [-0.39, 0.29) is 12.0 Å². The molecule has 1 fully saturated rings. The van der Waals surface area contributed by atoms with Crippen LogP contribution >= 0.6 is 0 Å². The maximum atomic E-state index is 12.6. The fraction of sp³-hybridized carbons (Fsp3) is 0.350. The van der Waals surface area contributed by atoms with E-state index in [0.29, 0.717) is 13.2 Å². The van der Waals surface area contributed by atoms with Gasteiger partial charge in [0.1, 0.15) is 5.75 Å². The Kier molecular flexibility index (Phi) is 5.49. The van der Waals surface area contributed by atoms with Crippen LogP contribution in [0.3, 0.4) is 0 Å². The lowest BCUT2D eigenvalue weighted by molar-refractivity contribution is -0.00676. The van der Waals surface area contributed by atoms with Gasteiger partial charge in [0.15, 0.2) is 0 Å². The maximum Gasteiger partial charge on any atom is 0.253 e. The number of ether oxygens (including phenoxy) is 2. The van der Waals surface area contributed by atoms with Gasteiger partial charge in [-0.15, -0.1) is 0 Å². The van der Waals surface area contributed by atoms with Crippen molar-refractivity contribution >= 4 is 5.91 Å². The number of nitrogens with zero attached hydrogens (tertiary/aromatic N) is 1. The molecule has 0 spiro atoms. The number of carbonyl (C=O) groups excluding carboxylic acids is 1. The number of hydrogen-bond acceptors (Lipinski definition) is 3. The van der Waals surface area contributed by atoms with Crippen LogP contribution in [0.5, 0.6) is 5.75 Å². The molecular formula is C20H23NO3. The molecule has 1 atom stereocenters. The number of methoxy groups -OCH3 is 1. The first-order valence-electron chi connectivity index (χ1n) is 8.35. The summed E-state index contributed by atoms with van der Waals surface area (Å²) in [4.78, 5) is 14.5. The lowest BCUT2D eigenvalue weighted by atomic mass is 10.1. The average molecular weight is 325 g/mol. The van der Waals surface area contributed by atoms with Crippen molar-refractivity contribution in [2.75, 3.05) is 20.2 Å². The number of carbonyl (C=O) groups is 1. The molecule has 0 aromatic heterocycles. The van der Waals surface area contributed by atoms with Crippen LogP contribution in [-0.2, 0) is 11.3 Å². The van der Waals surface area contributed by atoms with E-state index in [9.17, 15) is 4.79 Å². The largest absolute Gasteiger partial charge is 0.497 e. The van der Waals surface area contributed by atoms with Crippen LogP contribution in [0.15, 0.2) is 54.6 Å². The third-order valence-electron chi connectivity index (χ3n) is 4.31. The molecule has 0 N–H and O–H groups in total. The zero-order valence-electron chi connectivity index (χ0n) is 14.0. The third kappa shape index (κ3) is 4.15. The highest BCUT2D eigenvalue weighted by atomic mass is 16.5. The Hall–Kier alpha value is -2.33. The van der Waals surface area contributed by atoms with Crippen molar-refractivity contribution in [3.63, 3.8) is 0 Å². The van der Waals surface area contributed by atoms with Gasteiger partial charge in [-0.05, 0) is 42.7 Å². The number of benzene rings is 2. The minimum Gasteiger partial charge on any atom is -0.497 e. The quantitative estimate of drug-likeness (QED) is 0.844. The number of amides is 1. The van der Waals surface area contributed by atoms with Gasteiger partial charge in [0, 0.05) is 18.7 Å². The van der Waals surface area contributed by atoms with Crippen LogP contribution < -0.4 is 4.74 Å². The molecule has 1 unspecified atom stereocenters. The summed E-state index contributed by atoms with van der Waals surface area (Å²) in [5.74, 6) is 0.922. The Morgan fingerprint density at radius 2 is 2.00 bits per heavy atom. The van der Waals surface area contributed by atoms with Crippen LogP contribution in [0, 0.1) is 0 Å². The average Bonchev–Trinajstić information content (AvgIpc) is 2.67. The lowest BCUT2D eigenvalue weighted by Gasteiger charge is -2.32. The summed E-state index contributed by atoms with van der Waals surface area (Å²) in [6.07, 6.45) is 2.04. The summed E-state index contributed by atoms with van der Waals surface area (Å²) in [7, 11) is 1.66. The van der Waals surface area contributed by atoms with Gasteiger partial charge in [-0.1, -0.05) is 30.3 Å². The predicted octanol–water partition coefficient (Wildman–Crippen LogP) is 3.52. The normalized spacial score (nSPS) is 17.5. The Balaban J connectivity index is 1.56. The Morgan fingerprint density at radius 3 is 2.79 bits per heavy atom. The molecule has 0 saturated carbocycles. The van der Waals surface area contributed by atoms with Gasteiger partial charge in [0.05, 0.1) is 19.8 Å². The first-order chi connectivity index (χ1) is 11.8. The van der Waals surface area contributed by atoms with Crippen molar-refractivity contribution in [3.8, 4) is 5.75 Å². The minimum absolute atomic E-state index is 0.0811. The van der Waals surface area contributed by atoms with E-state index in [0.717, 1.165) is 36.3 Å². The van der Waals surface area contributed by atoms with E-state index in [1.54, 1.807) is 7.11 Å². The summed E-state index contributed by atoms with van der Waals surface area (Å²) in [5.41, 5.74) is 1.83. The molecule has 1 saturated heterocycles. The van der Waals surface area contributed by atoms with Crippen molar-refractivity contribution in [2.24, 2.45) is 0 Å². The molecule has 0 aliphatic carbocycles. The number of piperidine rings is 1. The fourth-order valence-electron chi connectivity index (χ4n) is 3.00. The summed E-state index contributed by atoms with van der Waals surface area (Å²) in [6, 6.07) is 17.3. The second-order valence-corrected chi connectivity index (χ2v) is 6.04. The molecule has 1 amide bonds. The molecular weight excluding hydrogens is 302 g/mol. The molecule has 3 rings (SSSR count). The van der Waals surface area contributed by atoms with Gasteiger partial charge in [0.25, 0.3) is 5.91 Å². The van der Waals surface area contributed by atoms with Crippen LogP contribution in [0.25, 0.3) is 0 Å². The summed E-state index contributed by atoms with van der Waals surface area (Å²) in [6.45, 7) is 1.99. The highest BCUT2D eigenvalue weighted by Crippen LogP contribution is 2.19. The SMILES string of the molecule is COc1cccc(COC2CCCN(C(=O)c3ccccc3)C2)c1. The molecule has 2 aromatic rings. The summed E-state index contributed by atoms with van der Waals surface area (Å²) in [5, 5.41) is 0. The monoisotopic (exact) mass is 325 g/mol. The van der Waals surface area contributed by atoms with Crippen molar-refractivity contribution in [3.05, 3.63) is 65.7 Å². The van der Waals surface area contributed by atoms with E-state index in [4.69, 9.17) is 9.47 Å². The van der Waals surface area contributed by atoms with Crippen LogP contribution in [0.2, 0.25) is 0 Å². The van der Waals surface area contributed by atoms with Gasteiger partial charge in [-0.3, -0.25) is 4.79 Å². The van der Waals surface area contributed by atoms with E-state index in [1.165, 1.54) is 0 Å². The van der Waals surface area contributed by atoms with Crippen molar-refractivity contribution in [1.82, 2.24) is 4.90 Å². The first-order valence-corrected chi connectivity index (χ1v) is 8.35. The van der Waals surface area contributed by atoms with Crippen molar-refractivity contribution < 1.29 is 14.3 Å². The second kappa shape index (κ2) is 7.97. The topological polar surface area (TPSA) is 38.8 Å². The van der Waals surface area contributed by atoms with Gasteiger partial charge >= 0.3 is 0 Å². The van der Waals surface area contributed by atoms with Gasteiger partial charge in [0.2, 0.25) is 0 Å². The van der Waals surface area contributed by atoms with Crippen molar-refractivity contribution in [2.45, 2.75) is 25.6 Å². The maximum absolute atomic E-state index is 12.6. The molecule has 0 bridgehead atoms. The molecule has 24 heavy (non-hydrogen) atoms. The Morgan fingerprint density at radius 1 is 1.17 bits per heavy atom. The third-order valence-corrected chi connectivity index (χ3v) is 4.31. The summed E-state index contributed by atoms with van der Waals surface area (Å²) >= 11 is 0. The van der Waals surface area contributed by atoms with E-state index < -0.39 is 0 Å². The van der Waals surface area contributed by atoms with Crippen LogP contribution in [0.4, 0.5) is 0 Å². The molecule has 4 nitrogen and oxygen atoms in total. The molecule has 4 heteroatoms. The highest BCUT2D eigenvalue weighted by molar-refractivity contribution is 5.94. The second-order valence-electron chi connectivity index (χ2n) is 6.04. The van der Waals surface area contributed by atoms with Gasteiger partial charge < -0.3 is 14.4 Å². The molecule has 2 aromatic carbocycles. The fourth-order valence-corrected chi connectivity index (χ4v) is 3.00. The van der Waals surface area contributed by atoms with Crippen LogP contribution in [-0.4, -0.2) is 37.1 Å². The first kappa shape index (κ1) is 16.5. The van der Waals surface area contributed by atoms with Crippen LogP contribution in [0.1, 0.15) is 28.8 Å². The Labute approximate surface area is 143 Å². The molecule has 0 radical (unpaired) electrons. The number of rotatable bonds is 5. The van der Waals surface area contributed by atoms with Crippen molar-refractivity contribution in [1.29, 1.82) is 0 Å². The molecule has 1 heterocycles. The minimum atomic E-state index is 0.0811. The smallest absolute Gasteiger partial charge is 0.253 e.